The molecule has 0 saturated carbocycles. The molecule has 106 valence electrons. The van der Waals surface area contributed by atoms with Crippen LogP contribution in [0.1, 0.15) is 37.4 Å². The summed E-state index contributed by atoms with van der Waals surface area (Å²) in [6.45, 7) is 6.92. The van der Waals surface area contributed by atoms with Crippen LogP contribution in [0.15, 0.2) is 23.8 Å². The molecule has 0 unspecified atom stereocenters. The van der Waals surface area contributed by atoms with Crippen LogP contribution in [-0.2, 0) is 4.74 Å². The fourth-order valence-electron chi connectivity index (χ4n) is 1.55. The average Bonchev–Trinajstić information content (AvgIpc) is 2.95. The van der Waals surface area contributed by atoms with Crippen LogP contribution in [0.5, 0.6) is 0 Å². The number of thiophene rings is 1. The number of hydrogen-bond acceptors (Lipinski definition) is 5. The van der Waals surface area contributed by atoms with Gasteiger partial charge in [-0.15, -0.1) is 11.3 Å². The molecule has 0 atom stereocenters. The number of Topliss-reactive ketones (excluding diaryl/α,β-unsaturated/α-hetero) is 1. The van der Waals surface area contributed by atoms with E-state index in [1.165, 1.54) is 18.3 Å². The van der Waals surface area contributed by atoms with Crippen molar-refractivity contribution in [1.82, 2.24) is 9.78 Å². The van der Waals surface area contributed by atoms with Crippen molar-refractivity contribution >= 4 is 23.2 Å². The summed E-state index contributed by atoms with van der Waals surface area (Å²) in [4.78, 5) is 23.8. The first-order chi connectivity index (χ1) is 9.26. The Morgan fingerprint density at radius 2 is 2.00 bits per heavy atom. The number of nitrogens with zero attached hydrogens (tertiary/aromatic N) is 2. The highest BCUT2D eigenvalue weighted by Crippen LogP contribution is 2.25. The average molecular weight is 292 g/mol. The van der Waals surface area contributed by atoms with Gasteiger partial charge in [0.1, 0.15) is 5.60 Å². The Hall–Kier alpha value is -1.95. The summed E-state index contributed by atoms with van der Waals surface area (Å²) in [5.41, 5.74) is 1.09. The Morgan fingerprint density at radius 3 is 2.55 bits per heavy atom. The highest BCUT2D eigenvalue weighted by Gasteiger charge is 2.19. The molecule has 2 aromatic rings. The van der Waals surface area contributed by atoms with Crippen LogP contribution in [0.25, 0.3) is 11.1 Å². The molecule has 5 nitrogen and oxygen atoms in total. The molecule has 0 aliphatic heterocycles. The Labute approximate surface area is 121 Å². The minimum absolute atomic E-state index is 0.0285. The molecule has 0 N–H and O–H groups in total. The first-order valence-corrected chi connectivity index (χ1v) is 7.02. The van der Waals surface area contributed by atoms with Crippen LogP contribution in [0, 0.1) is 0 Å². The van der Waals surface area contributed by atoms with Crippen LogP contribution in [0.2, 0.25) is 0 Å². The van der Waals surface area contributed by atoms with Gasteiger partial charge in [-0.05, 0) is 44.7 Å². The zero-order valence-corrected chi connectivity index (χ0v) is 12.7. The maximum absolute atomic E-state index is 11.8. The molecule has 20 heavy (non-hydrogen) atoms. The molecule has 6 heteroatoms. The van der Waals surface area contributed by atoms with E-state index < -0.39 is 11.7 Å². The quantitative estimate of drug-likeness (QED) is 0.793. The molecule has 0 bridgehead atoms. The maximum Gasteiger partial charge on any atom is 0.435 e. The fourth-order valence-corrected chi connectivity index (χ4v) is 2.37. The third-order valence-electron chi connectivity index (χ3n) is 2.44. The van der Waals surface area contributed by atoms with Crippen LogP contribution < -0.4 is 0 Å². The minimum Gasteiger partial charge on any atom is -0.442 e. The van der Waals surface area contributed by atoms with Crippen molar-refractivity contribution in [3.05, 3.63) is 28.7 Å². The Morgan fingerprint density at radius 1 is 1.30 bits per heavy atom. The Kier molecular flexibility index (Phi) is 3.76. The summed E-state index contributed by atoms with van der Waals surface area (Å²) in [5, 5.41) is 5.86. The molecule has 0 aliphatic rings. The fraction of sp³-hybridized carbons (Fsp3) is 0.357. The van der Waals surface area contributed by atoms with Crippen molar-refractivity contribution in [2.45, 2.75) is 33.3 Å². The van der Waals surface area contributed by atoms with Crippen LogP contribution >= 0.6 is 11.3 Å². The first-order valence-electron chi connectivity index (χ1n) is 6.14. The number of hydrogen-bond donors (Lipinski definition) is 0. The second kappa shape index (κ2) is 5.20. The van der Waals surface area contributed by atoms with Gasteiger partial charge in [-0.3, -0.25) is 4.79 Å². The van der Waals surface area contributed by atoms with Gasteiger partial charge in [0.15, 0.2) is 5.78 Å². The summed E-state index contributed by atoms with van der Waals surface area (Å²) in [6.07, 6.45) is 2.65. The SMILES string of the molecule is CC(=O)c1cc(-c2cnn(C(=O)OC(C)(C)C)c2)cs1. The second-order valence-electron chi connectivity index (χ2n) is 5.41. The summed E-state index contributed by atoms with van der Waals surface area (Å²) >= 11 is 1.38. The smallest absolute Gasteiger partial charge is 0.435 e. The molecule has 0 aliphatic carbocycles. The Bertz CT molecular complexity index is 649. The van der Waals surface area contributed by atoms with Crippen molar-refractivity contribution in [2.24, 2.45) is 0 Å². The number of rotatable bonds is 2. The lowest BCUT2D eigenvalue weighted by Gasteiger charge is -2.18. The molecule has 2 rings (SSSR count). The van der Waals surface area contributed by atoms with Gasteiger partial charge >= 0.3 is 6.09 Å². The molecule has 0 fully saturated rings. The van der Waals surface area contributed by atoms with Crippen molar-refractivity contribution < 1.29 is 14.3 Å². The van der Waals surface area contributed by atoms with Crippen LogP contribution in [-0.4, -0.2) is 27.3 Å². The largest absolute Gasteiger partial charge is 0.442 e. The molecule has 2 aromatic heterocycles. The first kappa shape index (κ1) is 14.5. The highest BCUT2D eigenvalue weighted by atomic mass is 32.1. The highest BCUT2D eigenvalue weighted by molar-refractivity contribution is 7.12. The number of carbonyl (C=O) groups excluding carboxylic acids is 2. The van der Waals surface area contributed by atoms with E-state index in [-0.39, 0.29) is 5.78 Å². The lowest BCUT2D eigenvalue weighted by atomic mass is 10.2. The van der Waals surface area contributed by atoms with Gasteiger partial charge < -0.3 is 4.74 Å². The molecular formula is C14H16N2O3S. The van der Waals surface area contributed by atoms with E-state index in [4.69, 9.17) is 4.74 Å². The molecule has 0 spiro atoms. The van der Waals surface area contributed by atoms with Crippen molar-refractivity contribution in [3.8, 4) is 11.1 Å². The zero-order valence-electron chi connectivity index (χ0n) is 11.8. The summed E-state index contributed by atoms with van der Waals surface area (Å²) in [6, 6.07) is 1.80. The van der Waals surface area contributed by atoms with Crippen molar-refractivity contribution in [2.75, 3.05) is 0 Å². The summed E-state index contributed by atoms with van der Waals surface area (Å²) in [7, 11) is 0. The summed E-state index contributed by atoms with van der Waals surface area (Å²) in [5.74, 6) is 0.0285. The van der Waals surface area contributed by atoms with Crippen molar-refractivity contribution in [1.29, 1.82) is 0 Å². The van der Waals surface area contributed by atoms with Gasteiger partial charge in [0, 0.05) is 11.8 Å². The topological polar surface area (TPSA) is 61.2 Å². The lowest BCUT2D eigenvalue weighted by Crippen LogP contribution is -2.27. The second-order valence-corrected chi connectivity index (χ2v) is 6.32. The van der Waals surface area contributed by atoms with Crippen molar-refractivity contribution in [3.63, 3.8) is 0 Å². The third kappa shape index (κ3) is 3.33. The van der Waals surface area contributed by atoms with Crippen LogP contribution in [0.3, 0.4) is 0 Å². The molecule has 0 aromatic carbocycles. The van der Waals surface area contributed by atoms with E-state index in [0.717, 1.165) is 15.8 Å². The van der Waals surface area contributed by atoms with E-state index in [2.05, 4.69) is 5.10 Å². The van der Waals surface area contributed by atoms with Gasteiger partial charge in [-0.1, -0.05) is 0 Å². The van der Waals surface area contributed by atoms with E-state index in [0.29, 0.717) is 4.88 Å². The Balaban J connectivity index is 2.20. The predicted molar refractivity (Wildman–Crippen MR) is 77.2 cm³/mol. The van der Waals surface area contributed by atoms with E-state index >= 15 is 0 Å². The van der Waals surface area contributed by atoms with E-state index in [9.17, 15) is 9.59 Å². The monoisotopic (exact) mass is 292 g/mol. The van der Waals surface area contributed by atoms with Crippen LogP contribution in [0.4, 0.5) is 4.79 Å². The third-order valence-corrected chi connectivity index (χ3v) is 3.47. The van der Waals surface area contributed by atoms with Gasteiger partial charge in [-0.25, -0.2) is 4.79 Å². The number of ketones is 1. The van der Waals surface area contributed by atoms with Gasteiger partial charge in [-0.2, -0.15) is 9.78 Å². The molecule has 2 heterocycles. The minimum atomic E-state index is -0.562. The van der Waals surface area contributed by atoms with Gasteiger partial charge in [0.25, 0.3) is 0 Å². The standard InChI is InChI=1S/C14H16N2O3S/c1-9(17)12-5-10(8-20-12)11-6-15-16(7-11)13(18)19-14(2,3)4/h5-8H,1-4H3. The van der Waals surface area contributed by atoms with E-state index in [1.807, 2.05) is 5.38 Å². The molecule has 0 saturated heterocycles. The number of carbonyl (C=O) groups is 2. The summed E-state index contributed by atoms with van der Waals surface area (Å²) < 4.78 is 6.38. The predicted octanol–water partition coefficient (Wildman–Crippen LogP) is 3.60. The number of aromatic nitrogens is 2. The maximum atomic E-state index is 11.8. The number of ether oxygens (including phenoxy) is 1. The molecule has 0 radical (unpaired) electrons. The van der Waals surface area contributed by atoms with Gasteiger partial charge in [0.2, 0.25) is 0 Å². The normalized spacial score (nSPS) is 11.4. The molecule has 0 amide bonds. The lowest BCUT2D eigenvalue weighted by molar-refractivity contribution is 0.0514. The molecular weight excluding hydrogens is 276 g/mol. The van der Waals surface area contributed by atoms with E-state index in [1.54, 1.807) is 39.2 Å². The van der Waals surface area contributed by atoms with Gasteiger partial charge in [0.05, 0.1) is 11.1 Å². The zero-order chi connectivity index (χ0) is 14.9.